The van der Waals surface area contributed by atoms with Gasteiger partial charge in [-0.3, -0.25) is 0 Å². The van der Waals surface area contributed by atoms with Crippen molar-refractivity contribution in [3.05, 3.63) is 24.3 Å². The third-order valence-electron chi connectivity index (χ3n) is 4.53. The summed E-state index contributed by atoms with van der Waals surface area (Å²) in [7, 11) is 0. The normalized spacial score (nSPS) is 12.7. The minimum absolute atomic E-state index is 0. The molecule has 0 aliphatic carbocycles. The second-order valence-electron chi connectivity index (χ2n) is 7.75. The van der Waals surface area contributed by atoms with Crippen LogP contribution in [0.4, 0.5) is 0 Å². The Kier molecular flexibility index (Phi) is 35.0. The Labute approximate surface area is 241 Å². The second kappa shape index (κ2) is 31.5. The fourth-order valence-corrected chi connectivity index (χ4v) is 2.64. The van der Waals surface area contributed by atoms with Crippen LogP contribution in [0.5, 0.6) is 0 Å². The van der Waals surface area contributed by atoms with Crippen LogP contribution in [0.1, 0.15) is 52.4 Å². The number of hydrogen-bond acceptors (Lipinski definition) is 10. The molecule has 2 unspecified atom stereocenters. The first-order valence-electron chi connectivity index (χ1n) is 12.1. The first-order valence-corrected chi connectivity index (χ1v) is 12.1. The van der Waals surface area contributed by atoms with Gasteiger partial charge in [0.05, 0.1) is 12.2 Å². The number of aliphatic hydroxyl groups excluding tert-OH is 2. The van der Waals surface area contributed by atoms with E-state index in [1.807, 2.05) is 38.2 Å². The van der Waals surface area contributed by atoms with Gasteiger partial charge in [-0.25, -0.2) is 0 Å². The van der Waals surface area contributed by atoms with E-state index in [-0.39, 0.29) is 62.8 Å². The van der Waals surface area contributed by atoms with Crippen molar-refractivity contribution in [2.24, 2.45) is 0 Å². The maximum Gasteiger partial charge on any atom is 2.00 e. The molecule has 0 saturated carbocycles. The molecule has 0 aromatic heterocycles. The van der Waals surface area contributed by atoms with Crippen LogP contribution in [0.3, 0.4) is 0 Å². The fourth-order valence-electron chi connectivity index (χ4n) is 2.64. The number of aliphatic hydroxyl groups is 2. The number of aliphatic carboxylic acids is 2. The number of carboxylic acid groups (broad SMARTS) is 2. The molecule has 0 fully saturated rings. The SMILES string of the molecule is C/C=C/CCC(O)CNCCNCCC(=O)[O-].C/C=C/CCC(O)CNCCNCCC(=O)[O-].[Ca+2]. The van der Waals surface area contributed by atoms with Gasteiger partial charge in [0, 0.05) is 64.3 Å². The molecule has 0 aromatic rings. The molecule has 0 aromatic carbocycles. The number of nitrogens with one attached hydrogen (secondary N) is 4. The van der Waals surface area contributed by atoms with Crippen LogP contribution in [0.25, 0.3) is 0 Å². The Hall–Kier alpha value is -0.560. The molecule has 200 valence electrons. The van der Waals surface area contributed by atoms with Crippen molar-refractivity contribution < 1.29 is 30.0 Å². The number of allylic oxidation sites excluding steroid dienone is 4. The average Bonchev–Trinajstić information content (AvgIpc) is 2.78. The maximum absolute atomic E-state index is 10.1. The van der Waals surface area contributed by atoms with Gasteiger partial charge < -0.3 is 51.3 Å². The number of hydrogen-bond donors (Lipinski definition) is 6. The van der Waals surface area contributed by atoms with Gasteiger partial charge in [-0.05, 0) is 52.4 Å². The monoisotopic (exact) mass is 526 g/mol. The van der Waals surface area contributed by atoms with E-state index >= 15 is 0 Å². The summed E-state index contributed by atoms with van der Waals surface area (Å²) in [6.45, 7) is 8.72. The third kappa shape index (κ3) is 38.1. The van der Waals surface area contributed by atoms with Crippen LogP contribution < -0.4 is 31.5 Å². The van der Waals surface area contributed by atoms with Gasteiger partial charge in [-0.15, -0.1) is 0 Å². The number of carboxylic acids is 2. The van der Waals surface area contributed by atoms with Crippen molar-refractivity contribution in [2.75, 3.05) is 52.4 Å². The van der Waals surface area contributed by atoms with Gasteiger partial charge in [-0.2, -0.15) is 0 Å². The van der Waals surface area contributed by atoms with Gasteiger partial charge in [0.25, 0.3) is 0 Å². The van der Waals surface area contributed by atoms with Crippen molar-refractivity contribution in [2.45, 2.75) is 64.6 Å². The zero-order valence-electron chi connectivity index (χ0n) is 21.6. The van der Waals surface area contributed by atoms with Crippen molar-refractivity contribution in [1.82, 2.24) is 21.3 Å². The van der Waals surface area contributed by atoms with Crippen LogP contribution in [0.2, 0.25) is 0 Å². The van der Waals surface area contributed by atoms with Crippen LogP contribution in [-0.4, -0.2) is 124 Å². The standard InChI is InChI=1S/2C12H24N2O3.Ca/c2*1-2-3-4-5-11(15)10-14-9-8-13-7-6-12(16)17;/h2*2-3,11,13-15H,4-10H2,1H3,(H,16,17);/q;;+2/p-2/b2*3-2+;. The van der Waals surface area contributed by atoms with Crippen LogP contribution in [-0.2, 0) is 9.59 Å². The van der Waals surface area contributed by atoms with E-state index in [9.17, 15) is 30.0 Å². The van der Waals surface area contributed by atoms with Crippen molar-refractivity contribution in [3.8, 4) is 0 Å². The molecule has 0 rings (SSSR count). The summed E-state index contributed by atoms with van der Waals surface area (Å²) < 4.78 is 0. The molecule has 6 N–H and O–H groups in total. The van der Waals surface area contributed by atoms with E-state index in [0.717, 1.165) is 25.7 Å². The van der Waals surface area contributed by atoms with E-state index in [4.69, 9.17) is 0 Å². The van der Waals surface area contributed by atoms with Crippen molar-refractivity contribution in [1.29, 1.82) is 0 Å². The van der Waals surface area contributed by atoms with E-state index in [0.29, 0.717) is 52.4 Å². The zero-order valence-corrected chi connectivity index (χ0v) is 23.8. The molecule has 0 spiro atoms. The summed E-state index contributed by atoms with van der Waals surface area (Å²) in [5.41, 5.74) is 0. The third-order valence-corrected chi connectivity index (χ3v) is 4.53. The fraction of sp³-hybridized carbons (Fsp3) is 0.750. The summed E-state index contributed by atoms with van der Waals surface area (Å²) in [6.07, 6.45) is 10.7. The van der Waals surface area contributed by atoms with E-state index < -0.39 is 11.9 Å². The maximum atomic E-state index is 10.1. The Bertz CT molecular complexity index is 492. The second-order valence-corrected chi connectivity index (χ2v) is 7.75. The topological polar surface area (TPSA) is 169 Å². The molecule has 0 aliphatic heterocycles. The molecule has 11 heteroatoms. The Morgan fingerprint density at radius 2 is 1.03 bits per heavy atom. The molecular formula is C24H46CaN4O6. The number of carbonyl (C=O) groups excluding carboxylic acids is 2. The average molecular weight is 527 g/mol. The predicted molar refractivity (Wildman–Crippen MR) is 137 cm³/mol. The minimum atomic E-state index is -1.04. The van der Waals surface area contributed by atoms with Gasteiger partial charge in [-0.1, -0.05) is 24.3 Å². The van der Waals surface area contributed by atoms with Crippen LogP contribution >= 0.6 is 0 Å². The van der Waals surface area contributed by atoms with Gasteiger partial charge in [0.1, 0.15) is 0 Å². The summed E-state index contributed by atoms with van der Waals surface area (Å²) in [6, 6.07) is 0. The first kappa shape index (κ1) is 39.0. The van der Waals surface area contributed by atoms with E-state index in [1.165, 1.54) is 0 Å². The summed E-state index contributed by atoms with van der Waals surface area (Å²) in [4.78, 5) is 20.2. The molecule has 0 radical (unpaired) electrons. The molecule has 35 heavy (non-hydrogen) atoms. The molecule has 0 saturated heterocycles. The molecular weight excluding hydrogens is 480 g/mol. The van der Waals surface area contributed by atoms with Crippen LogP contribution in [0, 0.1) is 0 Å². The van der Waals surface area contributed by atoms with Gasteiger partial charge >= 0.3 is 37.7 Å². The number of rotatable bonds is 22. The Balaban J connectivity index is -0.000000569. The Morgan fingerprint density at radius 3 is 1.34 bits per heavy atom. The zero-order chi connectivity index (χ0) is 25.9. The van der Waals surface area contributed by atoms with Gasteiger partial charge in [0.2, 0.25) is 0 Å². The summed E-state index contributed by atoms with van der Waals surface area (Å²) in [5, 5.41) is 51.4. The van der Waals surface area contributed by atoms with Crippen LogP contribution in [0.15, 0.2) is 24.3 Å². The largest absolute Gasteiger partial charge is 2.00 e. The molecule has 0 heterocycles. The molecule has 0 bridgehead atoms. The Morgan fingerprint density at radius 1 is 0.686 bits per heavy atom. The smallest absolute Gasteiger partial charge is 0.550 e. The molecule has 2 atom stereocenters. The number of carbonyl (C=O) groups is 2. The van der Waals surface area contributed by atoms with Gasteiger partial charge in [0.15, 0.2) is 0 Å². The molecule has 0 aliphatic rings. The summed E-state index contributed by atoms with van der Waals surface area (Å²) in [5.74, 6) is -2.07. The van der Waals surface area contributed by atoms with E-state index in [1.54, 1.807) is 0 Å². The molecule has 10 nitrogen and oxygen atoms in total. The van der Waals surface area contributed by atoms with Crippen molar-refractivity contribution in [3.63, 3.8) is 0 Å². The summed E-state index contributed by atoms with van der Waals surface area (Å²) >= 11 is 0. The minimum Gasteiger partial charge on any atom is -0.550 e. The quantitative estimate of drug-likeness (QED) is 0.0511. The first-order chi connectivity index (χ1) is 16.3. The molecule has 0 amide bonds. The van der Waals surface area contributed by atoms with Crippen molar-refractivity contribution >= 4 is 49.7 Å². The predicted octanol–water partition coefficient (Wildman–Crippen LogP) is -2.34. The van der Waals surface area contributed by atoms with E-state index in [2.05, 4.69) is 21.3 Å².